The molecule has 3 aromatic rings. The van der Waals surface area contributed by atoms with Crippen molar-refractivity contribution in [1.82, 2.24) is 19.7 Å². The van der Waals surface area contributed by atoms with Crippen molar-refractivity contribution in [3.8, 4) is 0 Å². The molecule has 4 heterocycles. The third-order valence-corrected chi connectivity index (χ3v) is 8.23. The van der Waals surface area contributed by atoms with E-state index < -0.39 is 35.4 Å². The number of halogens is 3. The summed E-state index contributed by atoms with van der Waals surface area (Å²) in [6, 6.07) is 9.32. The van der Waals surface area contributed by atoms with Crippen molar-refractivity contribution in [1.29, 1.82) is 0 Å². The molecular weight excluding hydrogens is 551 g/mol. The number of carbonyl (C=O) groups is 2. The lowest BCUT2D eigenvalue weighted by Gasteiger charge is -2.42. The Balaban J connectivity index is 1.32. The molecule has 2 fully saturated rings. The van der Waals surface area contributed by atoms with Crippen molar-refractivity contribution in [2.45, 2.75) is 63.4 Å². The molecule has 0 radical (unpaired) electrons. The molecule has 6 rings (SSSR count). The molecule has 42 heavy (non-hydrogen) atoms. The van der Waals surface area contributed by atoms with Gasteiger partial charge in [-0.1, -0.05) is 12.1 Å². The minimum atomic E-state index is -4.68. The highest BCUT2D eigenvalue weighted by molar-refractivity contribution is 6.10. The third kappa shape index (κ3) is 4.91. The van der Waals surface area contributed by atoms with Crippen LogP contribution >= 0.6 is 0 Å². The van der Waals surface area contributed by atoms with Gasteiger partial charge in [-0.2, -0.15) is 13.2 Å². The Morgan fingerprint density at radius 2 is 1.93 bits per heavy atom. The number of aromatic nitrogens is 3. The fraction of sp³-hybridized carbons (Fsp3) is 0.467. The minimum absolute atomic E-state index is 0.00189. The summed E-state index contributed by atoms with van der Waals surface area (Å²) in [6.07, 6.45) is -2.60. The number of benzene rings is 2. The van der Waals surface area contributed by atoms with Gasteiger partial charge in [0.05, 0.1) is 31.4 Å². The Bertz CT molecular complexity index is 1560. The van der Waals surface area contributed by atoms with Gasteiger partial charge in [0.25, 0.3) is 5.91 Å². The minimum Gasteiger partial charge on any atom is -0.444 e. The van der Waals surface area contributed by atoms with Gasteiger partial charge in [0.1, 0.15) is 17.8 Å². The third-order valence-electron chi connectivity index (χ3n) is 8.23. The van der Waals surface area contributed by atoms with E-state index >= 15 is 0 Å². The van der Waals surface area contributed by atoms with Crippen molar-refractivity contribution in [3.63, 3.8) is 0 Å². The van der Waals surface area contributed by atoms with Crippen LogP contribution in [0, 0.1) is 0 Å². The summed E-state index contributed by atoms with van der Waals surface area (Å²) in [7, 11) is 1.86. The molecule has 0 saturated carbocycles. The van der Waals surface area contributed by atoms with Crippen LogP contribution < -0.4 is 4.90 Å². The largest absolute Gasteiger partial charge is 0.444 e. The van der Waals surface area contributed by atoms with Crippen LogP contribution in [0.1, 0.15) is 71.7 Å². The van der Waals surface area contributed by atoms with E-state index in [0.717, 1.165) is 17.5 Å². The van der Waals surface area contributed by atoms with E-state index in [9.17, 15) is 22.8 Å². The first-order chi connectivity index (χ1) is 19.8. The van der Waals surface area contributed by atoms with Crippen molar-refractivity contribution in [3.05, 3.63) is 76.4 Å². The zero-order valence-corrected chi connectivity index (χ0v) is 23.9. The quantitative estimate of drug-likeness (QED) is 0.411. The smallest absolute Gasteiger partial charge is 0.416 e. The first-order valence-corrected chi connectivity index (χ1v) is 13.8. The molecule has 2 saturated heterocycles. The summed E-state index contributed by atoms with van der Waals surface area (Å²) >= 11 is 0. The van der Waals surface area contributed by atoms with E-state index in [1.807, 2.05) is 23.7 Å². The first kappa shape index (κ1) is 28.2. The number of ether oxygens (including phenoxy) is 2. The maximum absolute atomic E-state index is 14.4. The maximum atomic E-state index is 14.4. The lowest BCUT2D eigenvalue weighted by molar-refractivity contribution is -0.138. The molecule has 0 aliphatic carbocycles. The van der Waals surface area contributed by atoms with E-state index in [2.05, 4.69) is 10.2 Å². The number of hydrogen-bond acceptors (Lipinski definition) is 6. The molecule has 222 valence electrons. The van der Waals surface area contributed by atoms with Crippen LogP contribution in [-0.2, 0) is 41.1 Å². The number of amides is 2. The summed E-state index contributed by atoms with van der Waals surface area (Å²) in [5.74, 6) is 0.275. The molecule has 1 atom stereocenters. The van der Waals surface area contributed by atoms with Gasteiger partial charge >= 0.3 is 12.3 Å². The lowest BCUT2D eigenvalue weighted by atomic mass is 9.75. The summed E-state index contributed by atoms with van der Waals surface area (Å²) in [6.45, 7) is 6.26. The molecule has 12 heteroatoms. The predicted octanol–water partition coefficient (Wildman–Crippen LogP) is 5.19. The number of likely N-dealkylation sites (tertiary alicyclic amines) is 1. The molecule has 0 bridgehead atoms. The highest BCUT2D eigenvalue weighted by Gasteiger charge is 2.45. The highest BCUT2D eigenvalue weighted by atomic mass is 19.4. The zero-order chi connectivity index (χ0) is 30.0. The molecule has 1 unspecified atom stereocenters. The second-order valence-electron chi connectivity index (χ2n) is 12.3. The standard InChI is InChI=1S/C30H32F3N5O4/c1-28(2,3)42-27(40)37-9-8-24(37)18-10-21-22(23(11-18)30(31,32)33)14-38(26(21)39)20-7-5-6-19(12-20)29(15-41-16-29)13-25-35-34-17-36(25)4/h5-7,10-12,17,24H,8-9,13-16H2,1-4H3. The summed E-state index contributed by atoms with van der Waals surface area (Å²) in [4.78, 5) is 29.2. The van der Waals surface area contributed by atoms with Crippen molar-refractivity contribution >= 4 is 17.7 Å². The van der Waals surface area contributed by atoms with Crippen molar-refractivity contribution < 1.29 is 32.2 Å². The SMILES string of the molecule is Cn1cnnc1CC1(c2cccc(N3Cc4c(cc(C5CCN5C(=O)OC(C)(C)C)cc4C(F)(F)F)C3=O)c2)COC1. The van der Waals surface area contributed by atoms with Gasteiger partial charge in [0, 0.05) is 36.7 Å². The Morgan fingerprint density at radius 3 is 2.50 bits per heavy atom. The maximum Gasteiger partial charge on any atom is 0.416 e. The molecular formula is C30H32F3N5O4. The van der Waals surface area contributed by atoms with Crippen LogP contribution in [0.5, 0.6) is 0 Å². The van der Waals surface area contributed by atoms with Gasteiger partial charge in [0.2, 0.25) is 0 Å². The van der Waals surface area contributed by atoms with Gasteiger partial charge in [-0.15, -0.1) is 10.2 Å². The lowest BCUT2D eigenvalue weighted by Crippen LogP contribution is -2.49. The molecule has 9 nitrogen and oxygen atoms in total. The fourth-order valence-corrected chi connectivity index (χ4v) is 5.85. The Labute approximate surface area is 241 Å². The molecule has 2 amide bonds. The van der Waals surface area contributed by atoms with Crippen LogP contribution in [0.3, 0.4) is 0 Å². The number of nitrogens with zero attached hydrogens (tertiary/aromatic N) is 5. The van der Waals surface area contributed by atoms with E-state index in [1.165, 1.54) is 15.9 Å². The highest BCUT2D eigenvalue weighted by Crippen LogP contribution is 2.44. The summed E-state index contributed by atoms with van der Waals surface area (Å²) < 4.78 is 56.0. The number of alkyl halides is 3. The number of carbonyl (C=O) groups excluding carboxylic acids is 2. The van der Waals surface area contributed by atoms with E-state index in [-0.39, 0.29) is 28.7 Å². The topological polar surface area (TPSA) is 89.8 Å². The number of aryl methyl sites for hydroxylation is 1. The summed E-state index contributed by atoms with van der Waals surface area (Å²) in [5, 5.41) is 8.16. The van der Waals surface area contributed by atoms with Crippen LogP contribution in [0.2, 0.25) is 0 Å². The normalized spacial score (nSPS) is 19.8. The Hall–Kier alpha value is -3.93. The fourth-order valence-electron chi connectivity index (χ4n) is 5.85. The van der Waals surface area contributed by atoms with Gasteiger partial charge < -0.3 is 23.8 Å². The molecule has 0 N–H and O–H groups in total. The van der Waals surface area contributed by atoms with E-state index in [4.69, 9.17) is 9.47 Å². The van der Waals surface area contributed by atoms with Crippen LogP contribution in [0.25, 0.3) is 0 Å². The monoisotopic (exact) mass is 583 g/mol. The van der Waals surface area contributed by atoms with E-state index in [0.29, 0.717) is 38.3 Å². The van der Waals surface area contributed by atoms with Crippen molar-refractivity contribution in [2.24, 2.45) is 7.05 Å². The van der Waals surface area contributed by atoms with Gasteiger partial charge in [-0.3, -0.25) is 4.79 Å². The van der Waals surface area contributed by atoms with Gasteiger partial charge in [0.15, 0.2) is 0 Å². The van der Waals surface area contributed by atoms with E-state index in [1.54, 1.807) is 39.2 Å². The second kappa shape index (κ2) is 9.82. The molecule has 2 aromatic carbocycles. The Kier molecular flexibility index (Phi) is 6.60. The van der Waals surface area contributed by atoms with Crippen LogP contribution in [-0.4, -0.2) is 57.0 Å². The molecule has 3 aliphatic rings. The van der Waals surface area contributed by atoms with Crippen LogP contribution in [0.4, 0.5) is 23.7 Å². The second-order valence-corrected chi connectivity index (χ2v) is 12.3. The average Bonchev–Trinajstić information content (AvgIpc) is 3.41. The van der Waals surface area contributed by atoms with Gasteiger partial charge in [-0.05, 0) is 68.1 Å². The number of anilines is 1. The first-order valence-electron chi connectivity index (χ1n) is 13.8. The molecule has 3 aliphatic heterocycles. The average molecular weight is 584 g/mol. The molecule has 0 spiro atoms. The van der Waals surface area contributed by atoms with Gasteiger partial charge in [-0.25, -0.2) is 4.79 Å². The Morgan fingerprint density at radius 1 is 1.17 bits per heavy atom. The summed E-state index contributed by atoms with van der Waals surface area (Å²) in [5.41, 5.74) is -0.348. The zero-order valence-electron chi connectivity index (χ0n) is 23.9. The predicted molar refractivity (Wildman–Crippen MR) is 146 cm³/mol. The van der Waals surface area contributed by atoms with Crippen molar-refractivity contribution in [2.75, 3.05) is 24.7 Å². The number of hydrogen-bond donors (Lipinski definition) is 0. The number of rotatable bonds is 5. The molecule has 1 aromatic heterocycles. The number of fused-ring (bicyclic) bond motifs is 1. The van der Waals surface area contributed by atoms with Crippen LogP contribution in [0.15, 0.2) is 42.7 Å².